The molecule has 170 valence electrons. The summed E-state index contributed by atoms with van der Waals surface area (Å²) in [6.45, 7) is 3.73. The standard InChI is InChI=1S/C21H22ClN3O5S2/c1-13(2)29-15-9-14(20(26)24-21-23-7-8-31-21)10-16(11-15)30-19-6-5-17(12-18(19)22)32(27,28)25(3)4/h5-13H,1-4H3,(H,23,24,26). The second kappa shape index (κ2) is 9.86. The largest absolute Gasteiger partial charge is 0.491 e. The van der Waals surface area contributed by atoms with E-state index in [0.29, 0.717) is 22.2 Å². The van der Waals surface area contributed by atoms with Crippen LogP contribution in [0.2, 0.25) is 5.02 Å². The van der Waals surface area contributed by atoms with Crippen LogP contribution in [0.25, 0.3) is 0 Å². The molecule has 3 aromatic rings. The average Bonchev–Trinajstić information content (AvgIpc) is 3.21. The van der Waals surface area contributed by atoms with Gasteiger partial charge in [-0.25, -0.2) is 17.7 Å². The van der Waals surface area contributed by atoms with Gasteiger partial charge in [0, 0.05) is 37.3 Å². The van der Waals surface area contributed by atoms with E-state index in [1.807, 2.05) is 13.8 Å². The number of carbonyl (C=O) groups is 1. The topological polar surface area (TPSA) is 97.8 Å². The molecule has 0 unspecified atom stereocenters. The molecule has 0 fully saturated rings. The lowest BCUT2D eigenvalue weighted by atomic mass is 10.2. The number of nitrogens with zero attached hydrogens (tertiary/aromatic N) is 2. The van der Waals surface area contributed by atoms with Crippen molar-refractivity contribution in [3.8, 4) is 17.2 Å². The fourth-order valence-corrected chi connectivity index (χ4v) is 4.36. The molecule has 1 heterocycles. The number of hydrogen-bond donors (Lipinski definition) is 1. The maximum absolute atomic E-state index is 12.7. The molecule has 8 nitrogen and oxygen atoms in total. The van der Waals surface area contributed by atoms with Gasteiger partial charge >= 0.3 is 0 Å². The quantitative estimate of drug-likeness (QED) is 0.478. The normalized spacial score (nSPS) is 11.6. The number of rotatable bonds is 8. The van der Waals surface area contributed by atoms with Crippen LogP contribution in [0.15, 0.2) is 52.9 Å². The van der Waals surface area contributed by atoms with E-state index in [0.717, 1.165) is 4.31 Å². The fourth-order valence-electron chi connectivity index (χ4n) is 2.62. The van der Waals surface area contributed by atoms with Crippen LogP contribution in [0.3, 0.4) is 0 Å². The van der Waals surface area contributed by atoms with Crippen molar-refractivity contribution in [2.45, 2.75) is 24.8 Å². The molecule has 0 saturated carbocycles. The monoisotopic (exact) mass is 495 g/mol. The molecule has 1 aromatic heterocycles. The van der Waals surface area contributed by atoms with Gasteiger partial charge < -0.3 is 9.47 Å². The molecule has 0 bridgehead atoms. The summed E-state index contributed by atoms with van der Waals surface area (Å²) in [6, 6.07) is 8.95. The number of benzene rings is 2. The Labute approximate surface area is 195 Å². The number of sulfonamides is 1. The number of nitrogens with one attached hydrogen (secondary N) is 1. The summed E-state index contributed by atoms with van der Waals surface area (Å²) in [6.07, 6.45) is 1.47. The van der Waals surface area contributed by atoms with Crippen LogP contribution in [-0.2, 0) is 10.0 Å². The van der Waals surface area contributed by atoms with Crippen LogP contribution in [0.1, 0.15) is 24.2 Å². The average molecular weight is 496 g/mol. The first kappa shape index (κ1) is 24.0. The maximum Gasteiger partial charge on any atom is 0.257 e. The molecule has 0 aliphatic carbocycles. The predicted octanol–water partition coefficient (Wildman–Crippen LogP) is 4.88. The van der Waals surface area contributed by atoms with Crippen molar-refractivity contribution in [1.29, 1.82) is 0 Å². The zero-order valence-corrected chi connectivity index (χ0v) is 20.2. The maximum atomic E-state index is 12.7. The second-order valence-electron chi connectivity index (χ2n) is 7.13. The van der Waals surface area contributed by atoms with Gasteiger partial charge in [0.25, 0.3) is 5.91 Å². The minimum atomic E-state index is -3.64. The Balaban J connectivity index is 1.92. The highest BCUT2D eigenvalue weighted by Crippen LogP contribution is 2.34. The van der Waals surface area contributed by atoms with Crippen molar-refractivity contribution in [3.05, 3.63) is 58.6 Å². The summed E-state index contributed by atoms with van der Waals surface area (Å²) in [7, 11) is -0.763. The van der Waals surface area contributed by atoms with Gasteiger partial charge in [-0.2, -0.15) is 0 Å². The molecule has 0 atom stereocenters. The number of thiazole rings is 1. The lowest BCUT2D eigenvalue weighted by Crippen LogP contribution is -2.22. The number of aromatic nitrogens is 1. The molecule has 32 heavy (non-hydrogen) atoms. The Morgan fingerprint density at radius 3 is 2.47 bits per heavy atom. The zero-order chi connectivity index (χ0) is 23.5. The van der Waals surface area contributed by atoms with E-state index in [4.69, 9.17) is 21.1 Å². The molecular formula is C21H22ClN3O5S2. The summed E-state index contributed by atoms with van der Waals surface area (Å²) in [5.74, 6) is 0.595. The SMILES string of the molecule is CC(C)Oc1cc(Oc2ccc(S(=O)(=O)N(C)C)cc2Cl)cc(C(=O)Nc2nccs2)c1. The highest BCUT2D eigenvalue weighted by molar-refractivity contribution is 7.89. The molecule has 1 N–H and O–H groups in total. The van der Waals surface area contributed by atoms with E-state index in [-0.39, 0.29) is 27.7 Å². The Morgan fingerprint density at radius 1 is 1.16 bits per heavy atom. The minimum absolute atomic E-state index is 0.0419. The van der Waals surface area contributed by atoms with E-state index in [1.165, 1.54) is 49.7 Å². The van der Waals surface area contributed by atoms with Crippen LogP contribution in [0.4, 0.5) is 5.13 Å². The van der Waals surface area contributed by atoms with Crippen molar-refractivity contribution in [3.63, 3.8) is 0 Å². The van der Waals surface area contributed by atoms with Crippen LogP contribution in [-0.4, -0.2) is 43.8 Å². The Bertz CT molecular complexity index is 1210. The first-order chi connectivity index (χ1) is 15.1. The third-order valence-corrected chi connectivity index (χ3v) is 6.87. The van der Waals surface area contributed by atoms with Crippen LogP contribution >= 0.6 is 22.9 Å². The summed E-state index contributed by atoms with van der Waals surface area (Å²) in [5, 5.41) is 5.04. The third-order valence-electron chi connectivity index (χ3n) is 4.08. The van der Waals surface area contributed by atoms with Crippen molar-refractivity contribution >= 4 is 44.0 Å². The predicted molar refractivity (Wildman–Crippen MR) is 125 cm³/mol. The lowest BCUT2D eigenvalue weighted by Gasteiger charge is -2.15. The first-order valence-corrected chi connectivity index (χ1v) is 12.2. The van der Waals surface area contributed by atoms with Gasteiger partial charge in [0.15, 0.2) is 5.13 Å². The van der Waals surface area contributed by atoms with E-state index < -0.39 is 10.0 Å². The molecule has 1 amide bonds. The number of carbonyl (C=O) groups excluding carboxylic acids is 1. The molecule has 2 aromatic carbocycles. The van der Waals surface area contributed by atoms with Gasteiger partial charge in [-0.15, -0.1) is 11.3 Å². The molecule has 0 aliphatic heterocycles. The second-order valence-corrected chi connectivity index (χ2v) is 10.6. The first-order valence-electron chi connectivity index (χ1n) is 9.49. The highest BCUT2D eigenvalue weighted by Gasteiger charge is 2.19. The number of anilines is 1. The molecular weight excluding hydrogens is 474 g/mol. The fraction of sp³-hybridized carbons (Fsp3) is 0.238. The summed E-state index contributed by atoms with van der Waals surface area (Å²) in [5.41, 5.74) is 0.302. The third kappa shape index (κ3) is 5.77. The molecule has 0 saturated heterocycles. The number of ether oxygens (including phenoxy) is 2. The minimum Gasteiger partial charge on any atom is -0.491 e. The van der Waals surface area contributed by atoms with Gasteiger partial charge in [0.1, 0.15) is 17.2 Å². The van der Waals surface area contributed by atoms with Crippen molar-refractivity contribution in [2.75, 3.05) is 19.4 Å². The van der Waals surface area contributed by atoms with Crippen LogP contribution in [0.5, 0.6) is 17.2 Å². The molecule has 11 heteroatoms. The number of amides is 1. The number of hydrogen-bond acceptors (Lipinski definition) is 7. The van der Waals surface area contributed by atoms with Gasteiger partial charge in [0.2, 0.25) is 10.0 Å². The van der Waals surface area contributed by atoms with Gasteiger partial charge in [-0.1, -0.05) is 11.6 Å². The van der Waals surface area contributed by atoms with E-state index in [2.05, 4.69) is 10.3 Å². The van der Waals surface area contributed by atoms with Crippen molar-refractivity contribution in [2.24, 2.45) is 0 Å². The molecule has 0 radical (unpaired) electrons. The summed E-state index contributed by atoms with van der Waals surface area (Å²) < 4.78 is 37.3. The zero-order valence-electron chi connectivity index (χ0n) is 17.8. The Kier molecular flexibility index (Phi) is 7.40. The molecule has 0 spiro atoms. The summed E-state index contributed by atoms with van der Waals surface area (Å²) >= 11 is 7.59. The van der Waals surface area contributed by atoms with Crippen LogP contribution in [0, 0.1) is 0 Å². The van der Waals surface area contributed by atoms with E-state index >= 15 is 0 Å². The van der Waals surface area contributed by atoms with Crippen molar-refractivity contribution in [1.82, 2.24) is 9.29 Å². The van der Waals surface area contributed by atoms with Crippen LogP contribution < -0.4 is 14.8 Å². The smallest absolute Gasteiger partial charge is 0.257 e. The Hall–Kier alpha value is -2.66. The molecule has 0 aliphatic rings. The number of halogens is 1. The lowest BCUT2D eigenvalue weighted by molar-refractivity contribution is 0.102. The van der Waals surface area contributed by atoms with Gasteiger partial charge in [-0.05, 0) is 44.2 Å². The van der Waals surface area contributed by atoms with Crippen molar-refractivity contribution < 1.29 is 22.7 Å². The highest BCUT2D eigenvalue weighted by atomic mass is 35.5. The molecule has 3 rings (SSSR count). The Morgan fingerprint density at radius 2 is 1.88 bits per heavy atom. The summed E-state index contributed by atoms with van der Waals surface area (Å²) in [4.78, 5) is 16.8. The van der Waals surface area contributed by atoms with E-state index in [1.54, 1.807) is 23.7 Å². The van der Waals surface area contributed by atoms with Gasteiger partial charge in [-0.3, -0.25) is 10.1 Å². The van der Waals surface area contributed by atoms with E-state index in [9.17, 15) is 13.2 Å². The van der Waals surface area contributed by atoms with Gasteiger partial charge in [0.05, 0.1) is 16.0 Å².